The number of nitrogens with zero attached hydrogens (tertiary/aromatic N) is 4. The van der Waals surface area contributed by atoms with Gasteiger partial charge in [0.15, 0.2) is 5.82 Å². The van der Waals surface area contributed by atoms with Crippen molar-refractivity contribution in [1.82, 2.24) is 30.4 Å². The standard InChI is InChI=1S/C25H25FN6O/c1-32(2)8-7-27-25(33)15-5-6-18(28-11-15)24-21-14-4-3-13(9-14)20(21)22-16-12-29-31-19(16)10-17(26)23(22)30-24/h5-6,10-14H,3-4,7-9H2,1-2H3,(H,27,33)(H,29,31). The lowest BCUT2D eigenvalue weighted by atomic mass is 9.86. The number of benzene rings is 1. The molecule has 1 amide bonds. The minimum Gasteiger partial charge on any atom is -0.351 e. The molecule has 2 aliphatic rings. The lowest BCUT2D eigenvalue weighted by Crippen LogP contribution is -2.31. The zero-order chi connectivity index (χ0) is 22.7. The van der Waals surface area contributed by atoms with Crippen molar-refractivity contribution in [3.63, 3.8) is 0 Å². The number of aromatic amines is 1. The molecule has 2 N–H and O–H groups in total. The summed E-state index contributed by atoms with van der Waals surface area (Å²) >= 11 is 0. The van der Waals surface area contributed by atoms with Crippen LogP contribution in [0.3, 0.4) is 0 Å². The van der Waals surface area contributed by atoms with Crippen LogP contribution >= 0.6 is 0 Å². The topological polar surface area (TPSA) is 86.8 Å². The number of aromatic nitrogens is 4. The molecule has 0 spiro atoms. The van der Waals surface area contributed by atoms with E-state index >= 15 is 4.39 Å². The Balaban J connectivity index is 1.45. The van der Waals surface area contributed by atoms with Crippen LogP contribution in [-0.2, 0) is 0 Å². The molecule has 0 aliphatic heterocycles. The lowest BCUT2D eigenvalue weighted by molar-refractivity contribution is 0.0950. The van der Waals surface area contributed by atoms with Crippen molar-refractivity contribution in [3.8, 4) is 11.4 Å². The molecule has 6 rings (SSSR count). The lowest BCUT2D eigenvalue weighted by Gasteiger charge is -2.21. The van der Waals surface area contributed by atoms with E-state index in [2.05, 4.69) is 20.5 Å². The number of carbonyl (C=O) groups is 1. The fourth-order valence-electron chi connectivity index (χ4n) is 5.57. The van der Waals surface area contributed by atoms with E-state index in [1.165, 1.54) is 17.2 Å². The fourth-order valence-corrected chi connectivity index (χ4v) is 5.57. The van der Waals surface area contributed by atoms with E-state index in [1.807, 2.05) is 25.1 Å². The Hall–Kier alpha value is -3.39. The molecule has 168 valence electrons. The summed E-state index contributed by atoms with van der Waals surface area (Å²) in [6.07, 6.45) is 6.67. The van der Waals surface area contributed by atoms with Gasteiger partial charge in [-0.05, 0) is 68.5 Å². The third-order valence-electron chi connectivity index (χ3n) is 7.07. The third kappa shape index (κ3) is 3.20. The number of rotatable bonds is 5. The van der Waals surface area contributed by atoms with Gasteiger partial charge < -0.3 is 10.2 Å². The van der Waals surface area contributed by atoms with Crippen molar-refractivity contribution in [2.24, 2.45) is 0 Å². The number of nitrogens with one attached hydrogen (secondary N) is 2. The fraction of sp³-hybridized carbons (Fsp3) is 0.360. The Morgan fingerprint density at radius 1 is 1.21 bits per heavy atom. The maximum atomic E-state index is 15.2. The second-order valence-electron chi connectivity index (χ2n) is 9.40. The van der Waals surface area contributed by atoms with Crippen LogP contribution in [0.15, 0.2) is 30.6 Å². The Labute approximate surface area is 190 Å². The molecule has 2 aliphatic carbocycles. The first kappa shape index (κ1) is 20.2. The summed E-state index contributed by atoms with van der Waals surface area (Å²) in [5.74, 6) is 0.319. The Bertz CT molecular complexity index is 1390. The molecule has 4 aromatic rings. The number of fused-ring (bicyclic) bond motifs is 9. The van der Waals surface area contributed by atoms with Crippen LogP contribution in [0.4, 0.5) is 4.39 Å². The Morgan fingerprint density at radius 3 is 2.79 bits per heavy atom. The average Bonchev–Trinajstić information content (AvgIpc) is 3.55. The highest BCUT2D eigenvalue weighted by molar-refractivity contribution is 6.08. The van der Waals surface area contributed by atoms with Crippen LogP contribution in [-0.4, -0.2) is 58.2 Å². The minimum atomic E-state index is -0.356. The highest BCUT2D eigenvalue weighted by Gasteiger charge is 2.41. The maximum Gasteiger partial charge on any atom is 0.252 e. The zero-order valence-electron chi connectivity index (χ0n) is 18.7. The predicted octanol–water partition coefficient (Wildman–Crippen LogP) is 3.97. The predicted molar refractivity (Wildman–Crippen MR) is 125 cm³/mol. The first-order valence-electron chi connectivity index (χ1n) is 11.4. The van der Waals surface area contributed by atoms with Crippen molar-refractivity contribution in [1.29, 1.82) is 0 Å². The highest BCUT2D eigenvalue weighted by atomic mass is 19.1. The number of likely N-dealkylation sites (N-methyl/N-ethyl adjacent to an activating group) is 1. The molecule has 2 atom stereocenters. The summed E-state index contributed by atoms with van der Waals surface area (Å²) in [5.41, 5.74) is 5.40. The Kier molecular flexibility index (Phi) is 4.65. The second-order valence-corrected chi connectivity index (χ2v) is 9.40. The average molecular weight is 445 g/mol. The number of pyridine rings is 2. The molecule has 3 aromatic heterocycles. The first-order chi connectivity index (χ1) is 16.0. The van der Waals surface area contributed by atoms with Crippen LogP contribution in [0.5, 0.6) is 0 Å². The SMILES string of the molecule is CN(C)CCNC(=O)c1ccc(-c2nc3c(F)cc4[nH]ncc4c3c3c2C2CCC3C2)nc1. The van der Waals surface area contributed by atoms with Crippen LogP contribution in [0, 0.1) is 5.82 Å². The molecule has 3 heterocycles. The number of hydrogen-bond donors (Lipinski definition) is 2. The first-order valence-corrected chi connectivity index (χ1v) is 11.4. The van der Waals surface area contributed by atoms with Gasteiger partial charge in [-0.3, -0.25) is 14.9 Å². The van der Waals surface area contributed by atoms with Gasteiger partial charge in [0.25, 0.3) is 5.91 Å². The van der Waals surface area contributed by atoms with Crippen molar-refractivity contribution in [2.45, 2.75) is 31.1 Å². The summed E-state index contributed by atoms with van der Waals surface area (Å²) in [7, 11) is 3.93. The van der Waals surface area contributed by atoms with Gasteiger partial charge in [-0.1, -0.05) is 0 Å². The summed E-state index contributed by atoms with van der Waals surface area (Å²) < 4.78 is 15.2. The number of carbonyl (C=O) groups excluding carboxylic acids is 1. The minimum absolute atomic E-state index is 0.153. The van der Waals surface area contributed by atoms with Crippen molar-refractivity contribution in [3.05, 3.63) is 53.1 Å². The van der Waals surface area contributed by atoms with E-state index < -0.39 is 0 Å². The molecular formula is C25H25FN6O. The molecule has 33 heavy (non-hydrogen) atoms. The molecular weight excluding hydrogens is 419 g/mol. The van der Waals surface area contributed by atoms with Crippen LogP contribution in [0.25, 0.3) is 33.2 Å². The van der Waals surface area contributed by atoms with Gasteiger partial charge in [-0.15, -0.1) is 0 Å². The monoisotopic (exact) mass is 444 g/mol. The van der Waals surface area contributed by atoms with Crippen LogP contribution in [0.2, 0.25) is 0 Å². The normalized spacial score (nSPS) is 19.0. The van der Waals surface area contributed by atoms with Gasteiger partial charge >= 0.3 is 0 Å². The number of halogens is 1. The summed E-state index contributed by atoms with van der Waals surface area (Å²) in [5, 5.41) is 11.8. The molecule has 2 bridgehead atoms. The van der Waals surface area contributed by atoms with Gasteiger partial charge in [0, 0.05) is 36.1 Å². The van der Waals surface area contributed by atoms with Crippen LogP contribution in [0.1, 0.15) is 52.6 Å². The van der Waals surface area contributed by atoms with Gasteiger partial charge in [0.2, 0.25) is 0 Å². The van der Waals surface area contributed by atoms with Gasteiger partial charge in [0.1, 0.15) is 5.52 Å². The smallest absolute Gasteiger partial charge is 0.252 e. The molecule has 7 nitrogen and oxygen atoms in total. The van der Waals surface area contributed by atoms with E-state index in [0.29, 0.717) is 40.7 Å². The quantitative estimate of drug-likeness (QED) is 0.486. The molecule has 2 unspecified atom stereocenters. The van der Waals surface area contributed by atoms with Crippen LogP contribution < -0.4 is 5.32 Å². The van der Waals surface area contributed by atoms with E-state index in [-0.39, 0.29) is 11.7 Å². The Morgan fingerprint density at radius 2 is 2.03 bits per heavy atom. The largest absolute Gasteiger partial charge is 0.351 e. The zero-order valence-corrected chi connectivity index (χ0v) is 18.7. The van der Waals surface area contributed by atoms with E-state index in [1.54, 1.807) is 18.5 Å². The van der Waals surface area contributed by atoms with Crippen molar-refractivity contribution >= 4 is 27.7 Å². The molecule has 8 heteroatoms. The van der Waals surface area contributed by atoms with E-state index in [4.69, 9.17) is 4.98 Å². The molecule has 0 radical (unpaired) electrons. The van der Waals surface area contributed by atoms with Crippen molar-refractivity contribution < 1.29 is 9.18 Å². The van der Waals surface area contributed by atoms with E-state index in [0.717, 1.165) is 42.3 Å². The molecule has 1 aromatic carbocycles. The van der Waals surface area contributed by atoms with Gasteiger partial charge in [-0.2, -0.15) is 5.10 Å². The molecule has 1 saturated carbocycles. The third-order valence-corrected chi connectivity index (χ3v) is 7.07. The number of H-pyrrole nitrogens is 1. The van der Waals surface area contributed by atoms with Crippen molar-refractivity contribution in [2.75, 3.05) is 27.2 Å². The summed E-state index contributed by atoms with van der Waals surface area (Å²) in [4.78, 5) is 23.9. The highest BCUT2D eigenvalue weighted by Crippen LogP contribution is 2.57. The van der Waals surface area contributed by atoms with Gasteiger partial charge in [0.05, 0.1) is 28.7 Å². The summed E-state index contributed by atoms with van der Waals surface area (Å²) in [6.45, 7) is 1.33. The second kappa shape index (κ2) is 7.59. The van der Waals surface area contributed by atoms with E-state index in [9.17, 15) is 4.79 Å². The van der Waals surface area contributed by atoms with Gasteiger partial charge in [-0.25, -0.2) is 9.37 Å². The number of amides is 1. The summed E-state index contributed by atoms with van der Waals surface area (Å²) in [6, 6.07) is 5.07. The maximum absolute atomic E-state index is 15.2. The molecule has 0 saturated heterocycles. The number of hydrogen-bond acceptors (Lipinski definition) is 5. The molecule has 1 fully saturated rings.